The molecule has 1 aromatic carbocycles. The minimum Gasteiger partial charge on any atom is -0.381 e. The van der Waals surface area contributed by atoms with Crippen molar-refractivity contribution in [1.82, 2.24) is 5.32 Å². The number of hydrogen-bond acceptors (Lipinski definition) is 2. The predicted octanol–water partition coefficient (Wildman–Crippen LogP) is 3.57. The summed E-state index contributed by atoms with van der Waals surface area (Å²) in [6.45, 7) is 3.80. The molecule has 1 aliphatic heterocycles. The molecule has 20 heavy (non-hydrogen) atoms. The highest BCUT2D eigenvalue weighted by Gasteiger charge is 2.36. The molecule has 1 aromatic rings. The number of carbonyl (C=O) groups is 1. The van der Waals surface area contributed by atoms with Crippen molar-refractivity contribution < 1.29 is 9.53 Å². The number of hydrogen-bond donors (Lipinski definition) is 1. The molecule has 0 bridgehead atoms. The van der Waals surface area contributed by atoms with Gasteiger partial charge in [-0.25, -0.2) is 0 Å². The second kappa shape index (κ2) is 6.79. The molecule has 0 radical (unpaired) electrons. The van der Waals surface area contributed by atoms with Crippen LogP contribution in [-0.4, -0.2) is 25.7 Å². The molecular weight excluding hydrogens is 297 g/mol. The van der Waals surface area contributed by atoms with E-state index in [2.05, 4.69) is 5.32 Å². The molecule has 0 aromatic heterocycles. The lowest BCUT2D eigenvalue weighted by Crippen LogP contribution is -2.44. The van der Waals surface area contributed by atoms with Crippen LogP contribution < -0.4 is 5.32 Å². The lowest BCUT2D eigenvalue weighted by molar-refractivity contribution is -0.121. The molecule has 1 saturated heterocycles. The number of ether oxygens (including phenoxy) is 1. The highest BCUT2D eigenvalue weighted by Crippen LogP contribution is 2.39. The zero-order chi connectivity index (χ0) is 14.6. The molecule has 0 spiro atoms. The molecule has 1 heterocycles. The van der Waals surface area contributed by atoms with Gasteiger partial charge >= 0.3 is 0 Å². The van der Waals surface area contributed by atoms with Crippen molar-refractivity contribution in [2.45, 2.75) is 31.6 Å². The van der Waals surface area contributed by atoms with E-state index in [0.29, 0.717) is 36.2 Å². The second-order valence-electron chi connectivity index (χ2n) is 5.15. The standard InChI is InChI=1S/C15H19Cl2NO2/c1-2-14(19)18-10-15(5-7-20-8-6-15)12-4-3-11(16)9-13(12)17/h3-4,9H,2,5-8,10H2,1H3,(H,18,19). The first-order valence-corrected chi connectivity index (χ1v) is 7.63. The zero-order valence-corrected chi connectivity index (χ0v) is 13.1. The SMILES string of the molecule is CCC(=O)NCC1(c2ccc(Cl)cc2Cl)CCOCC1. The van der Waals surface area contributed by atoms with E-state index in [0.717, 1.165) is 18.4 Å². The number of amides is 1. The van der Waals surface area contributed by atoms with Gasteiger partial charge in [-0.3, -0.25) is 4.79 Å². The van der Waals surface area contributed by atoms with Gasteiger partial charge < -0.3 is 10.1 Å². The fourth-order valence-electron chi connectivity index (χ4n) is 2.62. The molecule has 110 valence electrons. The summed E-state index contributed by atoms with van der Waals surface area (Å²) in [5.74, 6) is 0.0564. The third kappa shape index (κ3) is 3.46. The van der Waals surface area contributed by atoms with Crippen molar-refractivity contribution >= 4 is 29.1 Å². The third-order valence-corrected chi connectivity index (χ3v) is 4.45. The lowest BCUT2D eigenvalue weighted by Gasteiger charge is -2.38. The Morgan fingerprint density at radius 1 is 1.35 bits per heavy atom. The molecule has 1 fully saturated rings. The minimum absolute atomic E-state index is 0.0564. The molecule has 1 aliphatic rings. The Kier molecular flexibility index (Phi) is 5.30. The van der Waals surface area contributed by atoms with Gasteiger partial charge in [-0.15, -0.1) is 0 Å². The van der Waals surface area contributed by atoms with Crippen LogP contribution >= 0.6 is 23.2 Å². The Labute approximate surface area is 129 Å². The summed E-state index contributed by atoms with van der Waals surface area (Å²) >= 11 is 12.3. The van der Waals surface area contributed by atoms with Gasteiger partial charge in [-0.05, 0) is 30.5 Å². The highest BCUT2D eigenvalue weighted by atomic mass is 35.5. The molecule has 2 rings (SSSR count). The van der Waals surface area contributed by atoms with Crippen LogP contribution in [0.3, 0.4) is 0 Å². The Morgan fingerprint density at radius 2 is 2.05 bits per heavy atom. The molecule has 0 saturated carbocycles. The van der Waals surface area contributed by atoms with E-state index in [4.69, 9.17) is 27.9 Å². The molecule has 5 heteroatoms. The van der Waals surface area contributed by atoms with Gasteiger partial charge in [-0.1, -0.05) is 36.2 Å². The summed E-state index contributed by atoms with van der Waals surface area (Å²) in [7, 11) is 0. The Hall–Kier alpha value is -0.770. The van der Waals surface area contributed by atoms with Crippen molar-refractivity contribution in [3.8, 4) is 0 Å². The number of halogens is 2. The average Bonchev–Trinajstić information content (AvgIpc) is 2.45. The van der Waals surface area contributed by atoms with E-state index in [1.165, 1.54) is 0 Å². The summed E-state index contributed by atoms with van der Waals surface area (Å²) in [4.78, 5) is 11.6. The smallest absolute Gasteiger partial charge is 0.219 e. The maximum Gasteiger partial charge on any atom is 0.219 e. The molecule has 0 atom stereocenters. The molecule has 0 aliphatic carbocycles. The maximum absolute atomic E-state index is 11.6. The van der Waals surface area contributed by atoms with Crippen LogP contribution in [0, 0.1) is 0 Å². The fourth-order valence-corrected chi connectivity index (χ4v) is 3.22. The molecular formula is C15H19Cl2NO2. The maximum atomic E-state index is 11.6. The summed E-state index contributed by atoms with van der Waals surface area (Å²) < 4.78 is 5.46. The molecule has 1 N–H and O–H groups in total. The van der Waals surface area contributed by atoms with Gasteiger partial charge in [0, 0.05) is 41.6 Å². The van der Waals surface area contributed by atoms with Gasteiger partial charge in [0.15, 0.2) is 0 Å². The molecule has 0 unspecified atom stereocenters. The minimum atomic E-state index is -0.162. The van der Waals surface area contributed by atoms with Crippen LogP contribution in [0.25, 0.3) is 0 Å². The predicted molar refractivity (Wildman–Crippen MR) is 81.5 cm³/mol. The first kappa shape index (κ1) is 15.6. The summed E-state index contributed by atoms with van der Waals surface area (Å²) in [6.07, 6.45) is 2.18. The van der Waals surface area contributed by atoms with E-state index in [1.807, 2.05) is 19.1 Å². The Bertz CT molecular complexity index is 485. The van der Waals surface area contributed by atoms with E-state index in [9.17, 15) is 4.79 Å². The first-order chi connectivity index (χ1) is 9.57. The monoisotopic (exact) mass is 315 g/mol. The van der Waals surface area contributed by atoms with Crippen LogP contribution in [0.2, 0.25) is 10.0 Å². The van der Waals surface area contributed by atoms with Crippen molar-refractivity contribution in [2.75, 3.05) is 19.8 Å². The van der Waals surface area contributed by atoms with Crippen LogP contribution in [0.4, 0.5) is 0 Å². The second-order valence-corrected chi connectivity index (χ2v) is 5.99. The third-order valence-electron chi connectivity index (χ3n) is 3.90. The first-order valence-electron chi connectivity index (χ1n) is 6.87. The van der Waals surface area contributed by atoms with E-state index in [1.54, 1.807) is 6.07 Å². The van der Waals surface area contributed by atoms with Crippen LogP contribution in [0.1, 0.15) is 31.7 Å². The molecule has 3 nitrogen and oxygen atoms in total. The van der Waals surface area contributed by atoms with Gasteiger partial charge in [0.05, 0.1) is 0 Å². The van der Waals surface area contributed by atoms with Crippen molar-refractivity contribution in [3.63, 3.8) is 0 Å². The van der Waals surface area contributed by atoms with Crippen molar-refractivity contribution in [1.29, 1.82) is 0 Å². The number of carbonyl (C=O) groups excluding carboxylic acids is 1. The lowest BCUT2D eigenvalue weighted by atomic mass is 9.74. The van der Waals surface area contributed by atoms with E-state index < -0.39 is 0 Å². The van der Waals surface area contributed by atoms with Gasteiger partial charge in [0.1, 0.15) is 0 Å². The number of rotatable bonds is 4. The normalized spacial score (nSPS) is 17.8. The fraction of sp³-hybridized carbons (Fsp3) is 0.533. The van der Waals surface area contributed by atoms with Gasteiger partial charge in [0.2, 0.25) is 5.91 Å². The van der Waals surface area contributed by atoms with Crippen LogP contribution in [-0.2, 0) is 14.9 Å². The highest BCUT2D eigenvalue weighted by molar-refractivity contribution is 6.35. The van der Waals surface area contributed by atoms with Crippen LogP contribution in [0.15, 0.2) is 18.2 Å². The quantitative estimate of drug-likeness (QED) is 0.922. The summed E-state index contributed by atoms with van der Waals surface area (Å²) in [5, 5.41) is 4.28. The average molecular weight is 316 g/mol. The van der Waals surface area contributed by atoms with Gasteiger partial charge in [0.25, 0.3) is 0 Å². The van der Waals surface area contributed by atoms with Crippen LogP contribution in [0.5, 0.6) is 0 Å². The topological polar surface area (TPSA) is 38.3 Å². The van der Waals surface area contributed by atoms with Gasteiger partial charge in [-0.2, -0.15) is 0 Å². The summed E-state index contributed by atoms with van der Waals surface area (Å²) in [5.41, 5.74) is 0.883. The van der Waals surface area contributed by atoms with Crippen molar-refractivity contribution in [2.24, 2.45) is 0 Å². The number of benzene rings is 1. The Balaban J connectivity index is 2.28. The zero-order valence-electron chi connectivity index (χ0n) is 11.5. The van der Waals surface area contributed by atoms with E-state index in [-0.39, 0.29) is 11.3 Å². The largest absolute Gasteiger partial charge is 0.381 e. The molecule has 1 amide bonds. The van der Waals surface area contributed by atoms with E-state index >= 15 is 0 Å². The van der Waals surface area contributed by atoms with Crippen molar-refractivity contribution in [3.05, 3.63) is 33.8 Å². The summed E-state index contributed by atoms with van der Waals surface area (Å²) in [6, 6.07) is 5.58. The Morgan fingerprint density at radius 3 is 2.65 bits per heavy atom. The number of nitrogens with one attached hydrogen (secondary N) is 1.